The van der Waals surface area contributed by atoms with Gasteiger partial charge in [-0.25, -0.2) is 14.1 Å². The molecule has 0 bridgehead atoms. The molecule has 0 aliphatic heterocycles. The number of hydrogen-bond acceptors (Lipinski definition) is 2. The van der Waals surface area contributed by atoms with E-state index in [0.717, 1.165) is 16.2 Å². The first kappa shape index (κ1) is 8.50. The first-order valence-electron chi connectivity index (χ1n) is 3.99. The molecule has 0 atom stereocenters. The summed E-state index contributed by atoms with van der Waals surface area (Å²) in [7, 11) is 4.00. The van der Waals surface area contributed by atoms with E-state index in [4.69, 9.17) is 0 Å². The van der Waals surface area contributed by atoms with Crippen molar-refractivity contribution in [1.82, 2.24) is 9.97 Å². The van der Waals surface area contributed by atoms with E-state index in [9.17, 15) is 0 Å². The molecule has 0 amide bonds. The third-order valence-corrected chi connectivity index (χ3v) is 2.75. The molecule has 0 radical (unpaired) electrons. The Kier molecular flexibility index (Phi) is 1.95. The Morgan fingerprint density at radius 3 is 2.85 bits per heavy atom. The fourth-order valence-electron chi connectivity index (χ4n) is 1.39. The van der Waals surface area contributed by atoms with Crippen LogP contribution in [-0.2, 0) is 14.1 Å². The Morgan fingerprint density at radius 1 is 1.38 bits per heavy atom. The molecule has 0 fully saturated rings. The lowest BCUT2D eigenvalue weighted by atomic mass is 10.5. The van der Waals surface area contributed by atoms with Crippen molar-refractivity contribution < 1.29 is 9.13 Å². The van der Waals surface area contributed by atoms with Crippen molar-refractivity contribution >= 4 is 22.9 Å². The van der Waals surface area contributed by atoms with E-state index >= 15 is 0 Å². The SMILES string of the molecule is CSc1nc[n+](C)c2[nH]c[n+](C)c12. The molecule has 0 aromatic carbocycles. The number of fused-ring (bicyclic) bond motifs is 1. The number of nitrogens with zero attached hydrogens (tertiary/aromatic N) is 3. The largest absolute Gasteiger partial charge is 0.308 e. The van der Waals surface area contributed by atoms with Gasteiger partial charge in [-0.1, -0.05) is 16.7 Å². The lowest BCUT2D eigenvalue weighted by Gasteiger charge is -1.93. The van der Waals surface area contributed by atoms with Crippen LogP contribution in [0, 0.1) is 0 Å². The summed E-state index contributed by atoms with van der Waals surface area (Å²) in [6.45, 7) is 0. The van der Waals surface area contributed by atoms with Gasteiger partial charge in [0.15, 0.2) is 0 Å². The average Bonchev–Trinajstić information content (AvgIpc) is 2.51. The van der Waals surface area contributed by atoms with Gasteiger partial charge >= 0.3 is 5.65 Å². The minimum Gasteiger partial charge on any atom is -0.228 e. The molecular weight excluding hydrogens is 184 g/mol. The van der Waals surface area contributed by atoms with Crippen LogP contribution in [0.25, 0.3) is 11.2 Å². The van der Waals surface area contributed by atoms with Gasteiger partial charge in [-0.2, -0.15) is 0 Å². The fraction of sp³-hybridized carbons (Fsp3) is 0.375. The van der Waals surface area contributed by atoms with Crippen LogP contribution in [0.3, 0.4) is 0 Å². The van der Waals surface area contributed by atoms with E-state index in [2.05, 4.69) is 9.97 Å². The van der Waals surface area contributed by atoms with Crippen molar-refractivity contribution in [2.75, 3.05) is 6.26 Å². The van der Waals surface area contributed by atoms with Crippen molar-refractivity contribution in [2.24, 2.45) is 14.1 Å². The fourth-order valence-corrected chi connectivity index (χ4v) is 1.97. The lowest BCUT2D eigenvalue weighted by Crippen LogP contribution is -2.33. The monoisotopic (exact) mass is 196 g/mol. The van der Waals surface area contributed by atoms with Gasteiger partial charge in [0, 0.05) is 0 Å². The summed E-state index contributed by atoms with van der Waals surface area (Å²) in [4.78, 5) is 7.55. The molecule has 0 saturated heterocycles. The summed E-state index contributed by atoms with van der Waals surface area (Å²) >= 11 is 1.66. The van der Waals surface area contributed by atoms with Crippen LogP contribution in [0.1, 0.15) is 0 Å². The maximum atomic E-state index is 4.34. The standard InChI is InChI=1S/C8H11N4S/c1-11-4-9-7-6(11)8(13-3)10-5-12(7)2/h4-5H,1-3H3/q+1/p+1. The van der Waals surface area contributed by atoms with Gasteiger partial charge in [0.1, 0.15) is 0 Å². The van der Waals surface area contributed by atoms with E-state index in [1.54, 1.807) is 11.8 Å². The van der Waals surface area contributed by atoms with Crippen molar-refractivity contribution in [3.05, 3.63) is 12.7 Å². The van der Waals surface area contributed by atoms with Crippen LogP contribution in [-0.4, -0.2) is 16.2 Å². The third-order valence-electron chi connectivity index (χ3n) is 2.07. The van der Waals surface area contributed by atoms with Crippen LogP contribution in [0.5, 0.6) is 0 Å². The highest BCUT2D eigenvalue weighted by Gasteiger charge is 2.18. The summed E-state index contributed by atoms with van der Waals surface area (Å²) in [5, 5.41) is 1.05. The van der Waals surface area contributed by atoms with E-state index in [1.807, 2.05) is 42.1 Å². The Hall–Kier alpha value is -1.10. The van der Waals surface area contributed by atoms with Crippen molar-refractivity contribution in [1.29, 1.82) is 0 Å². The van der Waals surface area contributed by atoms with Crippen molar-refractivity contribution in [2.45, 2.75) is 5.03 Å². The van der Waals surface area contributed by atoms with Crippen LogP contribution < -0.4 is 9.13 Å². The minimum atomic E-state index is 1.05. The van der Waals surface area contributed by atoms with E-state index in [-0.39, 0.29) is 0 Å². The zero-order valence-electron chi connectivity index (χ0n) is 7.90. The second-order valence-corrected chi connectivity index (χ2v) is 3.74. The quantitative estimate of drug-likeness (QED) is 0.394. The van der Waals surface area contributed by atoms with Crippen LogP contribution in [0.4, 0.5) is 0 Å². The summed E-state index contributed by atoms with van der Waals surface area (Å²) in [5.74, 6) is 0. The van der Waals surface area contributed by atoms with Gasteiger partial charge in [0.2, 0.25) is 17.7 Å². The number of aromatic amines is 1. The van der Waals surface area contributed by atoms with Crippen molar-refractivity contribution in [3.63, 3.8) is 0 Å². The molecule has 0 aliphatic carbocycles. The molecule has 0 unspecified atom stereocenters. The number of H-pyrrole nitrogens is 1. The highest BCUT2D eigenvalue weighted by atomic mass is 32.2. The second kappa shape index (κ2) is 2.99. The molecule has 0 saturated carbocycles. The maximum Gasteiger partial charge on any atom is 0.308 e. The highest BCUT2D eigenvalue weighted by molar-refractivity contribution is 7.98. The van der Waals surface area contributed by atoms with Gasteiger partial charge in [0.25, 0.3) is 5.52 Å². The molecule has 2 heterocycles. The van der Waals surface area contributed by atoms with Gasteiger partial charge in [-0.3, -0.25) is 0 Å². The molecule has 1 N–H and O–H groups in total. The Labute approximate surface area is 80.6 Å². The van der Waals surface area contributed by atoms with Gasteiger partial charge in [-0.15, -0.1) is 0 Å². The van der Waals surface area contributed by atoms with Gasteiger partial charge in [0.05, 0.1) is 14.1 Å². The van der Waals surface area contributed by atoms with Crippen LogP contribution >= 0.6 is 11.8 Å². The average molecular weight is 196 g/mol. The van der Waals surface area contributed by atoms with Gasteiger partial charge in [-0.05, 0) is 6.26 Å². The molecule has 13 heavy (non-hydrogen) atoms. The molecule has 0 aliphatic rings. The van der Waals surface area contributed by atoms with Crippen molar-refractivity contribution in [3.8, 4) is 0 Å². The molecule has 68 valence electrons. The molecular formula is C8H12N4S+2. The van der Waals surface area contributed by atoms with E-state index < -0.39 is 0 Å². The summed E-state index contributed by atoms with van der Waals surface area (Å²) in [6, 6.07) is 0. The molecule has 0 spiro atoms. The number of imidazole rings is 1. The number of aromatic nitrogens is 4. The predicted molar refractivity (Wildman–Crippen MR) is 50.2 cm³/mol. The Balaban J connectivity index is 2.88. The zero-order chi connectivity index (χ0) is 9.42. The number of rotatable bonds is 1. The first-order chi connectivity index (χ1) is 6.24. The Bertz CT molecular complexity index is 449. The number of hydrogen-bond donors (Lipinski definition) is 1. The van der Waals surface area contributed by atoms with E-state index in [0.29, 0.717) is 0 Å². The smallest absolute Gasteiger partial charge is 0.228 e. The molecule has 2 aromatic rings. The van der Waals surface area contributed by atoms with Crippen LogP contribution in [0.15, 0.2) is 17.7 Å². The van der Waals surface area contributed by atoms with E-state index in [1.165, 1.54) is 0 Å². The van der Waals surface area contributed by atoms with Gasteiger partial charge < -0.3 is 0 Å². The third kappa shape index (κ3) is 1.19. The Morgan fingerprint density at radius 2 is 2.15 bits per heavy atom. The maximum absolute atomic E-state index is 4.34. The number of thioether (sulfide) groups is 1. The minimum absolute atomic E-state index is 1.05. The molecule has 4 nitrogen and oxygen atoms in total. The predicted octanol–water partition coefficient (Wildman–Crippen LogP) is -0.0662. The van der Waals surface area contributed by atoms with Crippen LogP contribution in [0.2, 0.25) is 0 Å². The summed E-state index contributed by atoms with van der Waals surface area (Å²) in [6.07, 6.45) is 5.80. The summed E-state index contributed by atoms with van der Waals surface area (Å²) in [5.41, 5.74) is 2.25. The topological polar surface area (TPSA) is 36.4 Å². The lowest BCUT2D eigenvalue weighted by molar-refractivity contribution is -0.663. The zero-order valence-corrected chi connectivity index (χ0v) is 8.72. The molecule has 5 heteroatoms. The second-order valence-electron chi connectivity index (χ2n) is 2.95. The number of aryl methyl sites for hydroxylation is 2. The normalized spacial score (nSPS) is 11.0. The molecule has 2 rings (SSSR count). The molecule has 2 aromatic heterocycles. The highest BCUT2D eigenvalue weighted by Crippen LogP contribution is 2.16. The summed E-state index contributed by atoms with van der Waals surface area (Å²) < 4.78 is 4.03. The number of nitrogens with one attached hydrogen (secondary N) is 1. The first-order valence-corrected chi connectivity index (χ1v) is 5.22.